The van der Waals surface area contributed by atoms with Gasteiger partial charge in [-0.2, -0.15) is 21.9 Å². The molecule has 0 aromatic carbocycles. The Morgan fingerprint density at radius 3 is 2.47 bits per heavy atom. The van der Waals surface area contributed by atoms with Crippen molar-refractivity contribution in [3.63, 3.8) is 0 Å². The third-order valence-corrected chi connectivity index (χ3v) is 2.87. The summed E-state index contributed by atoms with van der Waals surface area (Å²) in [6, 6.07) is 3.41. The van der Waals surface area contributed by atoms with Crippen molar-refractivity contribution in [1.29, 1.82) is 15.9 Å². The van der Waals surface area contributed by atoms with Gasteiger partial charge in [-0.05, 0) is 5.38 Å². The smallest absolute Gasteiger partial charge is 0.212 e. The van der Waals surface area contributed by atoms with Crippen LogP contribution in [0.4, 0.5) is 0 Å². The number of thiophene rings is 1. The molecule has 4 nitrogen and oxygen atoms in total. The summed E-state index contributed by atoms with van der Waals surface area (Å²) in [6.07, 6.45) is 0. The van der Waals surface area contributed by atoms with Gasteiger partial charge < -0.3 is 0 Å². The maximum Gasteiger partial charge on any atom is 0.212 e. The Morgan fingerprint density at radius 2 is 1.87 bits per heavy atom. The molecule has 0 saturated heterocycles. The number of hydrogen-bond acceptors (Lipinski definition) is 5. The Hall–Kier alpha value is -2.24. The average molecular weight is 213 g/mol. The van der Waals surface area contributed by atoms with Gasteiger partial charge in [-0.15, -0.1) is 0 Å². The van der Waals surface area contributed by atoms with Crippen LogP contribution in [-0.4, -0.2) is 11.5 Å². The van der Waals surface area contributed by atoms with Crippen LogP contribution in [0.25, 0.3) is 5.57 Å². The Balaban J connectivity index is 2.80. The number of allylic oxidation sites excluding steroid dienone is 2. The molecule has 1 aromatic heterocycles. The van der Waals surface area contributed by atoms with E-state index >= 15 is 0 Å². The molecule has 0 unspecified atom stereocenters. The molecule has 0 atom stereocenters. The number of carbonyl (C=O) groups excluding carboxylic acids is 1. The molecule has 70 valence electrons. The maximum atomic E-state index is 11.5. The third kappa shape index (κ3) is 1.11. The van der Waals surface area contributed by atoms with Crippen LogP contribution in [0.1, 0.15) is 15.9 Å². The van der Waals surface area contributed by atoms with E-state index < -0.39 is 5.78 Å². The molecule has 0 amide bonds. The molecule has 5 heteroatoms. The molecule has 0 aliphatic heterocycles. The molecular weight excluding hydrogens is 210 g/mol. The Bertz CT molecular complexity index is 579. The minimum Gasteiger partial charge on any atom is -0.296 e. The number of Topliss-reactive ketones (excluding diaryl/α,β-unsaturated/α-hetero) is 1. The number of ketones is 1. The zero-order chi connectivity index (χ0) is 11.0. The first-order chi connectivity index (χ1) is 7.20. The molecule has 2 rings (SSSR count). The zero-order valence-electron chi connectivity index (χ0n) is 7.37. The van der Waals surface area contributed by atoms with Crippen LogP contribution in [-0.2, 0) is 0 Å². The fraction of sp³-hybridized carbons (Fsp3) is 0. The molecular formula is C10H3N3OS. The molecule has 0 radical (unpaired) electrons. The van der Waals surface area contributed by atoms with E-state index in [1.807, 2.05) is 0 Å². The van der Waals surface area contributed by atoms with E-state index in [4.69, 9.17) is 15.9 Å². The lowest BCUT2D eigenvalue weighted by molar-refractivity contribution is 0.106. The SMILES string of the molecule is N#CC(C#N)=C1C(=N)C(=O)c2cscc21. The van der Waals surface area contributed by atoms with Crippen LogP contribution in [0.5, 0.6) is 0 Å². The van der Waals surface area contributed by atoms with Gasteiger partial charge >= 0.3 is 0 Å². The molecule has 1 aliphatic rings. The molecule has 1 aromatic rings. The second-order valence-electron chi connectivity index (χ2n) is 2.88. The van der Waals surface area contributed by atoms with E-state index in [2.05, 4.69) is 0 Å². The lowest BCUT2D eigenvalue weighted by Gasteiger charge is -1.94. The van der Waals surface area contributed by atoms with Crippen molar-refractivity contribution in [3.8, 4) is 12.1 Å². The minimum absolute atomic E-state index is 0.168. The lowest BCUT2D eigenvalue weighted by atomic mass is 10.1. The van der Waals surface area contributed by atoms with Crippen molar-refractivity contribution < 1.29 is 4.79 Å². The molecule has 1 aliphatic carbocycles. The average Bonchev–Trinajstić information content (AvgIpc) is 2.78. The standard InChI is InChI=1S/C10H3N3OS/c11-1-5(2-12)8-6-3-15-4-7(6)10(14)9(8)13/h3-4,13H. The summed E-state index contributed by atoms with van der Waals surface area (Å²) in [6.45, 7) is 0. The summed E-state index contributed by atoms with van der Waals surface area (Å²) in [5.74, 6) is -0.413. The van der Waals surface area contributed by atoms with Gasteiger partial charge in [-0.25, -0.2) is 0 Å². The van der Waals surface area contributed by atoms with Crippen molar-refractivity contribution in [2.24, 2.45) is 0 Å². The first-order valence-electron chi connectivity index (χ1n) is 3.95. The zero-order valence-corrected chi connectivity index (χ0v) is 8.18. The highest BCUT2D eigenvalue weighted by atomic mass is 32.1. The second kappa shape index (κ2) is 3.16. The van der Waals surface area contributed by atoms with E-state index in [9.17, 15) is 4.79 Å². The highest BCUT2D eigenvalue weighted by molar-refractivity contribution is 7.09. The minimum atomic E-state index is -0.413. The predicted octanol–water partition coefficient (Wildman–Crippen LogP) is 1.76. The van der Waals surface area contributed by atoms with E-state index in [0.29, 0.717) is 11.1 Å². The van der Waals surface area contributed by atoms with Gasteiger partial charge in [0.15, 0.2) is 0 Å². The van der Waals surface area contributed by atoms with Crippen molar-refractivity contribution in [2.75, 3.05) is 0 Å². The van der Waals surface area contributed by atoms with Crippen LogP contribution in [0.2, 0.25) is 0 Å². The topological polar surface area (TPSA) is 88.5 Å². The molecule has 1 heterocycles. The van der Waals surface area contributed by atoms with E-state index in [1.54, 1.807) is 22.9 Å². The van der Waals surface area contributed by atoms with E-state index in [-0.39, 0.29) is 16.9 Å². The van der Waals surface area contributed by atoms with Gasteiger partial charge in [0.2, 0.25) is 5.78 Å². The van der Waals surface area contributed by atoms with Crippen LogP contribution >= 0.6 is 11.3 Å². The van der Waals surface area contributed by atoms with Crippen LogP contribution in [0.3, 0.4) is 0 Å². The normalized spacial score (nSPS) is 13.3. The van der Waals surface area contributed by atoms with Gasteiger partial charge in [-0.3, -0.25) is 10.2 Å². The summed E-state index contributed by atoms with van der Waals surface area (Å²) < 4.78 is 0. The number of hydrogen-bond donors (Lipinski definition) is 1. The third-order valence-electron chi connectivity index (χ3n) is 2.13. The summed E-state index contributed by atoms with van der Waals surface area (Å²) in [5, 5.41) is 28.3. The van der Waals surface area contributed by atoms with Gasteiger partial charge in [0.1, 0.15) is 23.4 Å². The Morgan fingerprint density at radius 1 is 1.27 bits per heavy atom. The fourth-order valence-electron chi connectivity index (χ4n) is 1.45. The van der Waals surface area contributed by atoms with Gasteiger partial charge in [0.25, 0.3) is 0 Å². The number of fused-ring (bicyclic) bond motifs is 1. The monoisotopic (exact) mass is 213 g/mol. The number of nitrogens with one attached hydrogen (secondary N) is 1. The van der Waals surface area contributed by atoms with Crippen LogP contribution < -0.4 is 0 Å². The molecule has 1 N–H and O–H groups in total. The number of nitrogens with zero attached hydrogens (tertiary/aromatic N) is 2. The van der Waals surface area contributed by atoms with E-state index in [1.165, 1.54) is 11.3 Å². The molecule has 0 spiro atoms. The molecule has 0 bridgehead atoms. The Labute approximate surface area is 89.2 Å². The first kappa shape index (κ1) is 9.32. The molecule has 0 fully saturated rings. The predicted molar refractivity (Wildman–Crippen MR) is 54.5 cm³/mol. The van der Waals surface area contributed by atoms with Crippen LogP contribution in [0.15, 0.2) is 16.3 Å². The number of carbonyl (C=O) groups is 1. The van der Waals surface area contributed by atoms with Crippen molar-refractivity contribution >= 4 is 28.4 Å². The fourth-order valence-corrected chi connectivity index (χ4v) is 2.26. The number of rotatable bonds is 0. The summed E-state index contributed by atoms with van der Waals surface area (Å²) in [7, 11) is 0. The Kier molecular flexibility index (Phi) is 1.96. The largest absolute Gasteiger partial charge is 0.296 e. The molecule has 15 heavy (non-hydrogen) atoms. The quantitative estimate of drug-likeness (QED) is 0.666. The first-order valence-corrected chi connectivity index (χ1v) is 4.89. The van der Waals surface area contributed by atoms with Gasteiger partial charge in [0.05, 0.1) is 0 Å². The second-order valence-corrected chi connectivity index (χ2v) is 3.62. The van der Waals surface area contributed by atoms with Crippen molar-refractivity contribution in [1.82, 2.24) is 0 Å². The van der Waals surface area contributed by atoms with Gasteiger partial charge in [0, 0.05) is 22.1 Å². The van der Waals surface area contributed by atoms with E-state index in [0.717, 1.165) is 0 Å². The lowest BCUT2D eigenvalue weighted by Crippen LogP contribution is -2.05. The summed E-state index contributed by atoms with van der Waals surface area (Å²) in [5.41, 5.74) is 0.689. The van der Waals surface area contributed by atoms with Crippen LogP contribution in [0, 0.1) is 28.1 Å². The summed E-state index contributed by atoms with van der Waals surface area (Å²) >= 11 is 1.32. The number of nitriles is 2. The van der Waals surface area contributed by atoms with Gasteiger partial charge in [-0.1, -0.05) is 0 Å². The molecule has 0 saturated carbocycles. The van der Waals surface area contributed by atoms with Crippen molar-refractivity contribution in [2.45, 2.75) is 0 Å². The highest BCUT2D eigenvalue weighted by Gasteiger charge is 2.33. The summed E-state index contributed by atoms with van der Waals surface area (Å²) in [4.78, 5) is 11.5. The maximum absolute atomic E-state index is 11.5. The highest BCUT2D eigenvalue weighted by Crippen LogP contribution is 2.34. The van der Waals surface area contributed by atoms with Crippen molar-refractivity contribution in [3.05, 3.63) is 27.5 Å².